The van der Waals surface area contributed by atoms with E-state index in [1.54, 1.807) is 6.20 Å². The third-order valence-corrected chi connectivity index (χ3v) is 11.3. The number of hydrogen-bond acceptors (Lipinski definition) is 4. The highest BCUT2D eigenvalue weighted by atomic mass is 14.9. The van der Waals surface area contributed by atoms with Gasteiger partial charge in [0.25, 0.3) is 0 Å². The van der Waals surface area contributed by atoms with E-state index in [9.17, 15) is 0 Å². The van der Waals surface area contributed by atoms with Crippen molar-refractivity contribution in [1.29, 1.82) is 0 Å². The van der Waals surface area contributed by atoms with Gasteiger partial charge in [0.05, 0.1) is 22.5 Å². The molecule has 0 fully saturated rings. The smallest absolute Gasteiger partial charge is 0.160 e. The first-order chi connectivity index (χ1) is 27.3. The number of pyridine rings is 2. The molecule has 0 bridgehead atoms. The molecule has 1 spiro atoms. The molecule has 0 saturated carbocycles. The van der Waals surface area contributed by atoms with Gasteiger partial charge in [0.2, 0.25) is 0 Å². The first-order valence-electron chi connectivity index (χ1n) is 18.6. The van der Waals surface area contributed by atoms with Gasteiger partial charge in [0, 0.05) is 40.8 Å². The van der Waals surface area contributed by atoms with Crippen molar-refractivity contribution in [2.45, 2.75) is 5.41 Å². The van der Waals surface area contributed by atoms with E-state index in [4.69, 9.17) is 15.0 Å². The molecule has 2 aliphatic carbocycles. The van der Waals surface area contributed by atoms with E-state index in [1.165, 1.54) is 44.5 Å². The molecule has 256 valence electrons. The van der Waals surface area contributed by atoms with Crippen molar-refractivity contribution in [3.05, 3.63) is 217 Å². The molecule has 0 radical (unpaired) electrons. The van der Waals surface area contributed by atoms with Crippen LogP contribution in [0.3, 0.4) is 0 Å². The van der Waals surface area contributed by atoms with E-state index in [2.05, 4.69) is 151 Å². The Morgan fingerprint density at radius 1 is 0.345 bits per heavy atom. The maximum absolute atomic E-state index is 5.23. The second-order valence-electron chi connectivity index (χ2n) is 14.2. The van der Waals surface area contributed by atoms with Gasteiger partial charge in [-0.05, 0) is 86.0 Å². The molecule has 0 N–H and O–H groups in total. The SMILES string of the molecule is c1ccc(-c2nc(-c3ccc(-c4cccnc4)cc3)cc(-c3cccnc3-c3ccc4c(c3)C3(c5ccccc5-c5ccccc53)c3ccccc3-4)n2)cc1. The third kappa shape index (κ3) is 4.78. The third-order valence-electron chi connectivity index (χ3n) is 11.3. The van der Waals surface area contributed by atoms with E-state index in [0.717, 1.165) is 50.5 Å². The molecule has 55 heavy (non-hydrogen) atoms. The normalized spacial score (nSPS) is 12.9. The number of nitrogens with zero attached hydrogens (tertiary/aromatic N) is 4. The zero-order valence-corrected chi connectivity index (χ0v) is 29.8. The molecule has 2 aliphatic rings. The highest BCUT2D eigenvalue weighted by Crippen LogP contribution is 2.63. The molecular weight excluding hydrogens is 669 g/mol. The van der Waals surface area contributed by atoms with Crippen molar-refractivity contribution < 1.29 is 0 Å². The summed E-state index contributed by atoms with van der Waals surface area (Å²) in [6.07, 6.45) is 5.57. The lowest BCUT2D eigenvalue weighted by atomic mass is 9.70. The number of fused-ring (bicyclic) bond motifs is 10. The first-order valence-corrected chi connectivity index (χ1v) is 18.6. The second kappa shape index (κ2) is 12.4. The Kier molecular flexibility index (Phi) is 7.04. The van der Waals surface area contributed by atoms with E-state index in [1.807, 2.05) is 42.7 Å². The molecule has 11 rings (SSSR count). The second-order valence-corrected chi connectivity index (χ2v) is 14.2. The fraction of sp³-hybridized carbons (Fsp3) is 0.0196. The maximum atomic E-state index is 5.23. The van der Waals surface area contributed by atoms with Gasteiger partial charge in [-0.1, -0.05) is 146 Å². The number of hydrogen-bond donors (Lipinski definition) is 0. The van der Waals surface area contributed by atoms with E-state index in [0.29, 0.717) is 5.82 Å². The Balaban J connectivity index is 1.10. The summed E-state index contributed by atoms with van der Waals surface area (Å²) >= 11 is 0. The van der Waals surface area contributed by atoms with Crippen LogP contribution in [0.4, 0.5) is 0 Å². The van der Waals surface area contributed by atoms with E-state index in [-0.39, 0.29) is 0 Å². The molecule has 3 heterocycles. The summed E-state index contributed by atoms with van der Waals surface area (Å²) in [4.78, 5) is 19.7. The van der Waals surface area contributed by atoms with Crippen molar-refractivity contribution in [3.63, 3.8) is 0 Å². The van der Waals surface area contributed by atoms with E-state index < -0.39 is 5.41 Å². The molecule has 9 aromatic rings. The van der Waals surface area contributed by atoms with Crippen LogP contribution in [0.5, 0.6) is 0 Å². The maximum Gasteiger partial charge on any atom is 0.160 e. The van der Waals surface area contributed by atoms with Gasteiger partial charge < -0.3 is 0 Å². The van der Waals surface area contributed by atoms with Crippen LogP contribution in [-0.2, 0) is 5.41 Å². The molecule has 6 aromatic carbocycles. The summed E-state index contributed by atoms with van der Waals surface area (Å²) in [7, 11) is 0. The number of benzene rings is 6. The van der Waals surface area contributed by atoms with Gasteiger partial charge >= 0.3 is 0 Å². The van der Waals surface area contributed by atoms with Crippen molar-refractivity contribution in [3.8, 4) is 78.5 Å². The van der Waals surface area contributed by atoms with E-state index >= 15 is 0 Å². The van der Waals surface area contributed by atoms with Gasteiger partial charge in [0.1, 0.15) is 0 Å². The minimum absolute atomic E-state index is 0.436. The summed E-state index contributed by atoms with van der Waals surface area (Å²) in [6, 6.07) is 62.7. The van der Waals surface area contributed by atoms with Gasteiger partial charge in [-0.2, -0.15) is 0 Å². The van der Waals surface area contributed by atoms with Crippen LogP contribution >= 0.6 is 0 Å². The van der Waals surface area contributed by atoms with Gasteiger partial charge in [-0.25, -0.2) is 9.97 Å². The molecule has 0 amide bonds. The van der Waals surface area contributed by atoms with Gasteiger partial charge in [-0.3, -0.25) is 9.97 Å². The van der Waals surface area contributed by atoms with Crippen LogP contribution in [0.1, 0.15) is 22.3 Å². The Bertz CT molecular complexity index is 2850. The summed E-state index contributed by atoms with van der Waals surface area (Å²) in [5.74, 6) is 0.668. The monoisotopic (exact) mass is 700 g/mol. The number of aromatic nitrogens is 4. The number of rotatable bonds is 5. The summed E-state index contributed by atoms with van der Waals surface area (Å²) in [5, 5.41) is 0. The average Bonchev–Trinajstić information content (AvgIpc) is 3.74. The van der Waals surface area contributed by atoms with Crippen LogP contribution in [0, 0.1) is 0 Å². The molecule has 0 saturated heterocycles. The molecular formula is C51H32N4. The molecule has 0 aliphatic heterocycles. The highest BCUT2D eigenvalue weighted by Gasteiger charge is 2.51. The average molecular weight is 701 g/mol. The lowest BCUT2D eigenvalue weighted by Crippen LogP contribution is -2.25. The van der Waals surface area contributed by atoms with Crippen molar-refractivity contribution in [2.75, 3.05) is 0 Å². The Hall–Kier alpha value is -7.30. The largest absolute Gasteiger partial charge is 0.264 e. The Morgan fingerprint density at radius 3 is 1.56 bits per heavy atom. The van der Waals surface area contributed by atoms with Crippen LogP contribution in [0.2, 0.25) is 0 Å². The van der Waals surface area contributed by atoms with Gasteiger partial charge in [0.15, 0.2) is 5.82 Å². The fourth-order valence-electron chi connectivity index (χ4n) is 8.90. The minimum atomic E-state index is -0.436. The van der Waals surface area contributed by atoms with Crippen molar-refractivity contribution >= 4 is 0 Å². The predicted octanol–water partition coefficient (Wildman–Crippen LogP) is 11.9. The lowest BCUT2D eigenvalue weighted by molar-refractivity contribution is 0.794. The standard InChI is InChI=1S/C51H32N4/c1-2-12-35(13-3-1)50-54-47(34-24-22-33(23-25-34)37-14-10-28-52-32-37)31-48(55-50)42-18-11-29-53-49(42)36-26-27-41-40-17-6-9-21-45(40)51(46(41)30-36)43-19-7-4-15-38(43)39-16-5-8-20-44(39)51/h1-32H. The quantitative estimate of drug-likeness (QED) is 0.179. The highest BCUT2D eigenvalue weighted by molar-refractivity contribution is 5.96. The van der Waals surface area contributed by atoms with Gasteiger partial charge in [-0.15, -0.1) is 0 Å². The van der Waals surface area contributed by atoms with Crippen LogP contribution in [0.25, 0.3) is 78.5 Å². The summed E-state index contributed by atoms with van der Waals surface area (Å²) in [6.45, 7) is 0. The summed E-state index contributed by atoms with van der Waals surface area (Å²) in [5.41, 5.74) is 18.6. The molecule has 0 unspecified atom stereocenters. The molecule has 4 nitrogen and oxygen atoms in total. The lowest BCUT2D eigenvalue weighted by Gasteiger charge is -2.30. The molecule has 3 aromatic heterocycles. The molecule has 4 heteroatoms. The Morgan fingerprint density at radius 2 is 0.891 bits per heavy atom. The topological polar surface area (TPSA) is 51.6 Å². The predicted molar refractivity (Wildman–Crippen MR) is 221 cm³/mol. The zero-order chi connectivity index (χ0) is 36.3. The van der Waals surface area contributed by atoms with Crippen LogP contribution < -0.4 is 0 Å². The van der Waals surface area contributed by atoms with Crippen LogP contribution in [0.15, 0.2) is 195 Å². The Labute approximate surface area is 319 Å². The van der Waals surface area contributed by atoms with Crippen LogP contribution in [-0.4, -0.2) is 19.9 Å². The zero-order valence-electron chi connectivity index (χ0n) is 29.8. The fourth-order valence-corrected chi connectivity index (χ4v) is 8.90. The molecule has 0 atom stereocenters. The van der Waals surface area contributed by atoms with Crippen molar-refractivity contribution in [1.82, 2.24) is 19.9 Å². The minimum Gasteiger partial charge on any atom is -0.264 e. The van der Waals surface area contributed by atoms with Crippen molar-refractivity contribution in [2.24, 2.45) is 0 Å². The first kappa shape index (κ1) is 31.2. The summed E-state index contributed by atoms with van der Waals surface area (Å²) < 4.78 is 0.